The first-order valence-corrected chi connectivity index (χ1v) is 5.81. The highest BCUT2D eigenvalue weighted by Gasteiger charge is 2.61. The number of hydrogen-bond donors (Lipinski definition) is 0. The summed E-state index contributed by atoms with van der Waals surface area (Å²) >= 11 is 5.72. The molecule has 0 saturated carbocycles. The maximum atomic E-state index is 13.3. The molecule has 0 atom stereocenters. The number of fused-ring (bicyclic) bond motifs is 1. The summed E-state index contributed by atoms with van der Waals surface area (Å²) in [7, 11) is 0. The molecular weight excluding hydrogens is 303 g/mol. The van der Waals surface area contributed by atoms with Gasteiger partial charge < -0.3 is 0 Å². The van der Waals surface area contributed by atoms with Crippen molar-refractivity contribution in [2.24, 2.45) is 0 Å². The van der Waals surface area contributed by atoms with Gasteiger partial charge in [-0.05, 0) is 31.0 Å². The quantitative estimate of drug-likeness (QED) is 0.570. The predicted octanol–water partition coefficient (Wildman–Crippen LogP) is 4.55. The summed E-state index contributed by atoms with van der Waals surface area (Å²) in [5.41, 5.74) is 1.24. The Bertz CT molecular complexity index is 682. The molecule has 0 bridgehead atoms. The van der Waals surface area contributed by atoms with E-state index in [1.54, 1.807) is 19.9 Å². The first-order chi connectivity index (χ1) is 9.04. The minimum Gasteiger partial charge on any atom is -0.227 e. The molecule has 108 valence electrons. The lowest BCUT2D eigenvalue weighted by Crippen LogP contribution is -2.35. The second-order valence-electron chi connectivity index (χ2n) is 4.39. The standard InChI is InChI=1S/C12H8ClF5N2/c1-5-3-6(2)8-7(4-5)19-10(20-9(8)13)11(14,15)12(16,17)18/h3-4H,1-2H3. The molecule has 2 rings (SSSR count). The Kier molecular flexibility index (Phi) is 3.36. The monoisotopic (exact) mass is 310 g/mol. The van der Waals surface area contributed by atoms with Crippen molar-refractivity contribution < 1.29 is 22.0 Å². The highest BCUT2D eigenvalue weighted by atomic mass is 35.5. The van der Waals surface area contributed by atoms with Crippen LogP contribution in [0.15, 0.2) is 12.1 Å². The van der Waals surface area contributed by atoms with E-state index in [0.29, 0.717) is 11.1 Å². The van der Waals surface area contributed by atoms with Crippen LogP contribution in [0.25, 0.3) is 10.9 Å². The highest BCUT2D eigenvalue weighted by molar-refractivity contribution is 6.34. The number of alkyl halides is 5. The molecule has 8 heteroatoms. The molecule has 1 aromatic heterocycles. The molecule has 0 aliphatic heterocycles. The van der Waals surface area contributed by atoms with Gasteiger partial charge in [-0.25, -0.2) is 9.97 Å². The van der Waals surface area contributed by atoms with E-state index < -0.39 is 23.1 Å². The molecule has 0 spiro atoms. The van der Waals surface area contributed by atoms with E-state index in [4.69, 9.17) is 11.6 Å². The average molecular weight is 311 g/mol. The summed E-state index contributed by atoms with van der Waals surface area (Å²) in [5, 5.41) is -0.162. The zero-order valence-corrected chi connectivity index (χ0v) is 11.1. The van der Waals surface area contributed by atoms with Crippen LogP contribution >= 0.6 is 11.6 Å². The Labute approximate surface area is 115 Å². The van der Waals surface area contributed by atoms with Crippen molar-refractivity contribution in [2.75, 3.05) is 0 Å². The molecule has 0 fully saturated rings. The summed E-state index contributed by atoms with van der Waals surface area (Å²) in [6.45, 7) is 3.32. The molecular formula is C12H8ClF5N2. The van der Waals surface area contributed by atoms with Crippen molar-refractivity contribution in [2.45, 2.75) is 25.9 Å². The van der Waals surface area contributed by atoms with E-state index in [2.05, 4.69) is 9.97 Å². The van der Waals surface area contributed by atoms with E-state index in [1.807, 2.05) is 0 Å². The number of benzene rings is 1. The average Bonchev–Trinajstić information content (AvgIpc) is 2.25. The van der Waals surface area contributed by atoms with Gasteiger partial charge in [-0.15, -0.1) is 0 Å². The smallest absolute Gasteiger partial charge is 0.227 e. The molecule has 1 heterocycles. The van der Waals surface area contributed by atoms with E-state index in [-0.39, 0.29) is 10.9 Å². The lowest BCUT2D eigenvalue weighted by atomic mass is 10.1. The number of halogens is 6. The Morgan fingerprint density at radius 2 is 1.60 bits per heavy atom. The molecule has 20 heavy (non-hydrogen) atoms. The Hall–Kier alpha value is -1.50. The third kappa shape index (κ3) is 2.30. The largest absolute Gasteiger partial charge is 0.461 e. The highest BCUT2D eigenvalue weighted by Crippen LogP contribution is 2.43. The van der Waals surface area contributed by atoms with Crippen molar-refractivity contribution in [3.05, 3.63) is 34.2 Å². The first-order valence-electron chi connectivity index (χ1n) is 5.43. The van der Waals surface area contributed by atoms with Gasteiger partial charge in [-0.3, -0.25) is 0 Å². The van der Waals surface area contributed by atoms with Crippen molar-refractivity contribution in [3.63, 3.8) is 0 Å². The van der Waals surface area contributed by atoms with Gasteiger partial charge in [0.1, 0.15) is 5.15 Å². The fourth-order valence-corrected chi connectivity index (χ4v) is 2.18. The summed E-state index contributed by atoms with van der Waals surface area (Å²) in [4.78, 5) is 6.44. The molecule has 0 aliphatic carbocycles. The summed E-state index contributed by atoms with van der Waals surface area (Å²) in [6, 6.07) is 3.09. The Morgan fingerprint density at radius 1 is 1.00 bits per heavy atom. The van der Waals surface area contributed by atoms with Gasteiger partial charge in [0.15, 0.2) is 0 Å². The minimum atomic E-state index is -5.77. The van der Waals surface area contributed by atoms with E-state index in [0.717, 1.165) is 0 Å². The Balaban J connectivity index is 2.77. The van der Waals surface area contributed by atoms with Gasteiger partial charge in [0.2, 0.25) is 5.82 Å². The number of aromatic nitrogens is 2. The molecule has 0 amide bonds. The van der Waals surface area contributed by atoms with Crippen LogP contribution in [-0.2, 0) is 5.92 Å². The molecule has 0 radical (unpaired) electrons. The van der Waals surface area contributed by atoms with Gasteiger partial charge in [0.25, 0.3) is 0 Å². The van der Waals surface area contributed by atoms with E-state index >= 15 is 0 Å². The van der Waals surface area contributed by atoms with Crippen molar-refractivity contribution in [1.29, 1.82) is 0 Å². The van der Waals surface area contributed by atoms with Crippen molar-refractivity contribution in [1.82, 2.24) is 9.97 Å². The lowest BCUT2D eigenvalue weighted by Gasteiger charge is -2.18. The van der Waals surface area contributed by atoms with Crippen LogP contribution in [0.5, 0.6) is 0 Å². The van der Waals surface area contributed by atoms with Gasteiger partial charge >= 0.3 is 12.1 Å². The van der Waals surface area contributed by atoms with Gasteiger partial charge in [0.05, 0.1) is 5.52 Å². The third-order valence-electron chi connectivity index (χ3n) is 2.73. The second kappa shape index (κ2) is 4.51. The molecule has 2 aromatic rings. The maximum absolute atomic E-state index is 13.3. The van der Waals surface area contributed by atoms with Crippen LogP contribution in [0.3, 0.4) is 0 Å². The predicted molar refractivity (Wildman–Crippen MR) is 64.0 cm³/mol. The van der Waals surface area contributed by atoms with Gasteiger partial charge in [-0.1, -0.05) is 17.7 Å². The molecule has 1 aromatic carbocycles. The number of nitrogens with zero attached hydrogens (tertiary/aromatic N) is 2. The van der Waals surface area contributed by atoms with Crippen LogP contribution < -0.4 is 0 Å². The topological polar surface area (TPSA) is 25.8 Å². The van der Waals surface area contributed by atoms with Crippen molar-refractivity contribution >= 4 is 22.5 Å². The van der Waals surface area contributed by atoms with Crippen LogP contribution in [-0.4, -0.2) is 16.1 Å². The second-order valence-corrected chi connectivity index (χ2v) is 4.74. The van der Waals surface area contributed by atoms with Gasteiger partial charge in [0, 0.05) is 5.39 Å². The molecule has 0 aliphatic rings. The van der Waals surface area contributed by atoms with Crippen LogP contribution in [0.2, 0.25) is 5.15 Å². The lowest BCUT2D eigenvalue weighted by molar-refractivity contribution is -0.292. The molecule has 0 saturated heterocycles. The summed E-state index contributed by atoms with van der Waals surface area (Å²) in [6.07, 6.45) is -5.77. The number of rotatable bonds is 1. The van der Waals surface area contributed by atoms with Crippen LogP contribution in [0.1, 0.15) is 17.0 Å². The fraction of sp³-hybridized carbons (Fsp3) is 0.333. The molecule has 0 N–H and O–H groups in total. The summed E-state index contributed by atoms with van der Waals surface area (Å²) in [5.74, 6) is -6.80. The number of hydrogen-bond acceptors (Lipinski definition) is 2. The number of aryl methyl sites for hydroxylation is 2. The van der Waals surface area contributed by atoms with E-state index in [9.17, 15) is 22.0 Å². The first kappa shape index (κ1) is 14.9. The maximum Gasteiger partial charge on any atom is 0.461 e. The Morgan fingerprint density at radius 3 is 2.15 bits per heavy atom. The molecule has 2 nitrogen and oxygen atoms in total. The SMILES string of the molecule is Cc1cc(C)c2c(Cl)nc(C(F)(F)C(F)(F)F)nc2c1. The van der Waals surface area contributed by atoms with Crippen LogP contribution in [0.4, 0.5) is 22.0 Å². The fourth-order valence-electron chi connectivity index (χ4n) is 1.86. The normalized spacial score (nSPS) is 13.0. The zero-order chi connectivity index (χ0) is 15.3. The zero-order valence-electron chi connectivity index (χ0n) is 10.3. The van der Waals surface area contributed by atoms with Crippen LogP contribution in [0, 0.1) is 13.8 Å². The van der Waals surface area contributed by atoms with Gasteiger partial charge in [-0.2, -0.15) is 22.0 Å². The minimum absolute atomic E-state index is 0.0403. The van der Waals surface area contributed by atoms with E-state index in [1.165, 1.54) is 6.07 Å². The van der Waals surface area contributed by atoms with Crippen molar-refractivity contribution in [3.8, 4) is 0 Å². The molecule has 0 unspecified atom stereocenters. The third-order valence-corrected chi connectivity index (χ3v) is 3.01. The summed E-state index contributed by atoms with van der Waals surface area (Å²) < 4.78 is 63.5.